The second-order valence-corrected chi connectivity index (χ2v) is 7.17. The fourth-order valence-corrected chi connectivity index (χ4v) is 2.94. The summed E-state index contributed by atoms with van der Waals surface area (Å²) >= 11 is 0. The first-order valence-electron chi connectivity index (χ1n) is 7.05. The van der Waals surface area contributed by atoms with Gasteiger partial charge in [0, 0.05) is 25.7 Å². The van der Waals surface area contributed by atoms with Crippen LogP contribution in [0.15, 0.2) is 24.3 Å². The van der Waals surface area contributed by atoms with Crippen molar-refractivity contribution in [1.29, 1.82) is 0 Å². The summed E-state index contributed by atoms with van der Waals surface area (Å²) in [4.78, 5) is 14.4. The van der Waals surface area contributed by atoms with Crippen molar-refractivity contribution in [3.63, 3.8) is 0 Å². The van der Waals surface area contributed by atoms with Crippen molar-refractivity contribution >= 4 is 34.0 Å². The summed E-state index contributed by atoms with van der Waals surface area (Å²) < 4.78 is 25.9. The summed E-state index contributed by atoms with van der Waals surface area (Å²) in [6.45, 7) is 5.57. The zero-order valence-corrected chi connectivity index (χ0v) is 14.3. The standard InChI is InChI=1S/C14H21N3O3S.ClH/c1-3-21(19,20)16-13-7-5-4-6-12(13)14(18)17-9-8-15-11(2)10-17;/h4-7,11,15-16H,3,8-10H2,1-2H3;1H. The summed E-state index contributed by atoms with van der Waals surface area (Å²) in [5, 5.41) is 3.27. The number of nitrogens with one attached hydrogen (secondary N) is 2. The highest BCUT2D eigenvalue weighted by Gasteiger charge is 2.24. The van der Waals surface area contributed by atoms with Crippen LogP contribution in [0.5, 0.6) is 0 Å². The molecule has 8 heteroatoms. The van der Waals surface area contributed by atoms with Crippen LogP contribution in [0, 0.1) is 0 Å². The van der Waals surface area contributed by atoms with Crippen LogP contribution in [-0.2, 0) is 10.0 Å². The number of halogens is 1. The van der Waals surface area contributed by atoms with Crippen molar-refractivity contribution in [3.8, 4) is 0 Å². The lowest BCUT2D eigenvalue weighted by atomic mass is 10.1. The van der Waals surface area contributed by atoms with Gasteiger partial charge in [-0.3, -0.25) is 9.52 Å². The van der Waals surface area contributed by atoms with Gasteiger partial charge >= 0.3 is 0 Å². The lowest BCUT2D eigenvalue weighted by molar-refractivity contribution is 0.0710. The molecule has 0 saturated carbocycles. The van der Waals surface area contributed by atoms with E-state index in [4.69, 9.17) is 0 Å². The molecule has 124 valence electrons. The van der Waals surface area contributed by atoms with Gasteiger partial charge < -0.3 is 10.2 Å². The molecule has 2 rings (SSSR count). The molecular formula is C14H22ClN3O3S. The Kier molecular flexibility index (Phi) is 6.65. The first kappa shape index (κ1) is 18.7. The number of amides is 1. The molecule has 0 bridgehead atoms. The Morgan fingerprint density at radius 1 is 1.41 bits per heavy atom. The van der Waals surface area contributed by atoms with Crippen LogP contribution in [0.2, 0.25) is 0 Å². The predicted octanol–water partition coefficient (Wildman–Crippen LogP) is 1.30. The van der Waals surface area contributed by atoms with E-state index in [0.717, 1.165) is 6.54 Å². The quantitative estimate of drug-likeness (QED) is 0.860. The number of sulfonamides is 1. The van der Waals surface area contributed by atoms with E-state index in [1.807, 2.05) is 6.92 Å². The maximum atomic E-state index is 12.6. The van der Waals surface area contributed by atoms with E-state index in [9.17, 15) is 13.2 Å². The summed E-state index contributed by atoms with van der Waals surface area (Å²) in [6.07, 6.45) is 0. The van der Waals surface area contributed by atoms with Crippen molar-refractivity contribution in [2.45, 2.75) is 19.9 Å². The van der Waals surface area contributed by atoms with Crippen LogP contribution in [0.1, 0.15) is 24.2 Å². The number of nitrogens with zero attached hydrogens (tertiary/aromatic N) is 1. The molecule has 1 atom stereocenters. The average molecular weight is 348 g/mol. The van der Waals surface area contributed by atoms with Gasteiger partial charge in [-0.25, -0.2) is 8.42 Å². The fourth-order valence-electron chi connectivity index (χ4n) is 2.29. The Bertz CT molecular complexity index is 622. The maximum Gasteiger partial charge on any atom is 0.256 e. The van der Waals surface area contributed by atoms with E-state index in [-0.39, 0.29) is 30.1 Å². The Hall–Kier alpha value is -1.31. The molecule has 1 heterocycles. The van der Waals surface area contributed by atoms with Gasteiger partial charge in [-0.15, -0.1) is 12.4 Å². The fraction of sp³-hybridized carbons (Fsp3) is 0.500. The van der Waals surface area contributed by atoms with Gasteiger partial charge in [0.05, 0.1) is 17.0 Å². The number of piperazine rings is 1. The van der Waals surface area contributed by atoms with Crippen molar-refractivity contribution in [2.24, 2.45) is 0 Å². The minimum absolute atomic E-state index is 0. The average Bonchev–Trinajstić information content (AvgIpc) is 2.47. The molecule has 1 aliphatic rings. The zero-order valence-electron chi connectivity index (χ0n) is 12.7. The van der Waals surface area contributed by atoms with Crippen LogP contribution in [-0.4, -0.2) is 50.7 Å². The van der Waals surface area contributed by atoms with Gasteiger partial charge in [0.25, 0.3) is 5.91 Å². The molecule has 0 spiro atoms. The Morgan fingerprint density at radius 3 is 2.73 bits per heavy atom. The molecule has 2 N–H and O–H groups in total. The summed E-state index contributed by atoms with van der Waals surface area (Å²) in [6, 6.07) is 6.96. The minimum atomic E-state index is -3.40. The van der Waals surface area contributed by atoms with Gasteiger partial charge in [0.2, 0.25) is 10.0 Å². The third-order valence-corrected chi connectivity index (χ3v) is 4.75. The van der Waals surface area contributed by atoms with E-state index in [0.29, 0.717) is 24.3 Å². The lowest BCUT2D eigenvalue weighted by Crippen LogP contribution is -2.51. The topological polar surface area (TPSA) is 78.5 Å². The van der Waals surface area contributed by atoms with Crippen molar-refractivity contribution < 1.29 is 13.2 Å². The number of benzene rings is 1. The van der Waals surface area contributed by atoms with Crippen molar-refractivity contribution in [1.82, 2.24) is 10.2 Å². The molecule has 0 aliphatic carbocycles. The number of para-hydroxylation sites is 1. The van der Waals surface area contributed by atoms with Crippen LogP contribution in [0.3, 0.4) is 0 Å². The zero-order chi connectivity index (χ0) is 15.5. The van der Waals surface area contributed by atoms with Crippen LogP contribution in [0.4, 0.5) is 5.69 Å². The van der Waals surface area contributed by atoms with Crippen LogP contribution >= 0.6 is 12.4 Å². The maximum absolute atomic E-state index is 12.6. The molecule has 1 fully saturated rings. The number of carbonyl (C=O) groups is 1. The third kappa shape index (κ3) is 4.59. The molecule has 6 nitrogen and oxygen atoms in total. The number of rotatable bonds is 4. The van der Waals surface area contributed by atoms with Gasteiger partial charge in [-0.05, 0) is 26.0 Å². The molecule has 1 unspecified atom stereocenters. The highest BCUT2D eigenvalue weighted by molar-refractivity contribution is 7.92. The van der Waals surface area contributed by atoms with E-state index >= 15 is 0 Å². The first-order chi connectivity index (χ1) is 9.93. The van der Waals surface area contributed by atoms with Gasteiger partial charge in [-0.2, -0.15) is 0 Å². The Labute approximate surface area is 137 Å². The summed E-state index contributed by atoms with van der Waals surface area (Å²) in [7, 11) is -3.40. The number of anilines is 1. The van der Waals surface area contributed by atoms with Gasteiger partial charge in [0.15, 0.2) is 0 Å². The van der Waals surface area contributed by atoms with E-state index in [2.05, 4.69) is 10.0 Å². The second-order valence-electron chi connectivity index (χ2n) is 5.16. The highest BCUT2D eigenvalue weighted by atomic mass is 35.5. The lowest BCUT2D eigenvalue weighted by Gasteiger charge is -2.32. The number of hydrogen-bond acceptors (Lipinski definition) is 4. The second kappa shape index (κ2) is 7.80. The smallest absolute Gasteiger partial charge is 0.256 e. The Balaban J connectivity index is 0.00000242. The molecule has 0 radical (unpaired) electrons. The molecular weight excluding hydrogens is 326 g/mol. The van der Waals surface area contributed by atoms with Gasteiger partial charge in [0.1, 0.15) is 0 Å². The summed E-state index contributed by atoms with van der Waals surface area (Å²) in [5.41, 5.74) is 0.735. The molecule has 1 saturated heterocycles. The SMILES string of the molecule is CCS(=O)(=O)Nc1ccccc1C(=O)N1CCNC(C)C1.Cl. The number of carbonyl (C=O) groups excluding carboxylic acids is 1. The van der Waals surface area contributed by atoms with Crippen LogP contribution < -0.4 is 10.0 Å². The van der Waals surface area contributed by atoms with Crippen molar-refractivity contribution in [3.05, 3.63) is 29.8 Å². The van der Waals surface area contributed by atoms with Crippen LogP contribution in [0.25, 0.3) is 0 Å². The normalized spacial score (nSPS) is 18.5. The molecule has 0 aromatic heterocycles. The molecule has 1 aromatic rings. The van der Waals surface area contributed by atoms with E-state index in [1.165, 1.54) is 0 Å². The first-order valence-corrected chi connectivity index (χ1v) is 8.70. The van der Waals surface area contributed by atoms with Gasteiger partial charge in [-0.1, -0.05) is 12.1 Å². The third-order valence-electron chi connectivity index (χ3n) is 3.46. The molecule has 1 aliphatic heterocycles. The minimum Gasteiger partial charge on any atom is -0.336 e. The molecule has 1 aromatic carbocycles. The largest absolute Gasteiger partial charge is 0.336 e. The van der Waals surface area contributed by atoms with E-state index < -0.39 is 10.0 Å². The van der Waals surface area contributed by atoms with Crippen molar-refractivity contribution in [2.75, 3.05) is 30.1 Å². The number of hydrogen-bond donors (Lipinski definition) is 2. The monoisotopic (exact) mass is 347 g/mol. The molecule has 1 amide bonds. The Morgan fingerprint density at radius 2 is 2.09 bits per heavy atom. The molecule has 22 heavy (non-hydrogen) atoms. The predicted molar refractivity (Wildman–Crippen MR) is 90.1 cm³/mol. The highest BCUT2D eigenvalue weighted by Crippen LogP contribution is 2.19. The summed E-state index contributed by atoms with van der Waals surface area (Å²) in [5.74, 6) is -0.169. The van der Waals surface area contributed by atoms with E-state index in [1.54, 1.807) is 36.1 Å².